The van der Waals surface area contributed by atoms with Crippen molar-refractivity contribution in [2.24, 2.45) is 11.7 Å². The zero-order chi connectivity index (χ0) is 13.1. The largest absolute Gasteiger partial charge is 0.330 e. The van der Waals surface area contributed by atoms with E-state index in [9.17, 15) is 12.8 Å². The Balaban J connectivity index is 2.83. The van der Waals surface area contributed by atoms with Gasteiger partial charge in [0, 0.05) is 0 Å². The summed E-state index contributed by atoms with van der Waals surface area (Å²) in [6.45, 7) is 3.86. The summed E-state index contributed by atoms with van der Waals surface area (Å²) in [4.78, 5) is 0. The average molecular weight is 259 g/mol. The van der Waals surface area contributed by atoms with Gasteiger partial charge in [0.05, 0.1) is 11.5 Å². The predicted octanol–water partition coefficient (Wildman–Crippen LogP) is 1.64. The summed E-state index contributed by atoms with van der Waals surface area (Å²) in [6, 6.07) is 4.15. The SMILES string of the molecule is Cc1cc(F)ccc1CS(=O)(=O)CC(C)CN. The molecule has 0 fully saturated rings. The minimum absolute atomic E-state index is 0.0521. The Kier molecular flexibility index (Phi) is 4.65. The first-order valence-corrected chi connectivity index (χ1v) is 7.31. The normalized spacial score (nSPS) is 13.6. The molecular weight excluding hydrogens is 241 g/mol. The topological polar surface area (TPSA) is 60.2 Å². The van der Waals surface area contributed by atoms with E-state index < -0.39 is 9.84 Å². The fourth-order valence-corrected chi connectivity index (χ4v) is 3.54. The Morgan fingerprint density at radius 3 is 2.59 bits per heavy atom. The van der Waals surface area contributed by atoms with Gasteiger partial charge in [-0.15, -0.1) is 0 Å². The first-order valence-electron chi connectivity index (χ1n) is 5.49. The van der Waals surface area contributed by atoms with Crippen LogP contribution in [0, 0.1) is 18.7 Å². The summed E-state index contributed by atoms with van der Waals surface area (Å²) in [6.07, 6.45) is 0. The zero-order valence-electron chi connectivity index (χ0n) is 10.1. The molecule has 0 aliphatic carbocycles. The molecule has 5 heteroatoms. The highest BCUT2D eigenvalue weighted by molar-refractivity contribution is 7.90. The van der Waals surface area contributed by atoms with Crippen LogP contribution in [0.3, 0.4) is 0 Å². The second-order valence-corrected chi connectivity index (χ2v) is 6.58. The van der Waals surface area contributed by atoms with E-state index in [1.807, 2.05) is 0 Å². The van der Waals surface area contributed by atoms with Gasteiger partial charge < -0.3 is 5.73 Å². The fourth-order valence-electron chi connectivity index (χ4n) is 1.62. The molecule has 1 aromatic rings. The molecule has 0 saturated heterocycles. The van der Waals surface area contributed by atoms with E-state index in [0.29, 0.717) is 17.7 Å². The lowest BCUT2D eigenvalue weighted by Crippen LogP contribution is -2.22. The van der Waals surface area contributed by atoms with Crippen molar-refractivity contribution in [2.45, 2.75) is 19.6 Å². The minimum Gasteiger partial charge on any atom is -0.330 e. The van der Waals surface area contributed by atoms with Gasteiger partial charge in [-0.3, -0.25) is 0 Å². The molecule has 0 amide bonds. The van der Waals surface area contributed by atoms with Gasteiger partial charge in [0.2, 0.25) is 0 Å². The Hall–Kier alpha value is -0.940. The van der Waals surface area contributed by atoms with Crippen LogP contribution < -0.4 is 5.73 Å². The van der Waals surface area contributed by atoms with Crippen molar-refractivity contribution in [3.05, 3.63) is 35.1 Å². The van der Waals surface area contributed by atoms with Crippen molar-refractivity contribution in [3.8, 4) is 0 Å². The van der Waals surface area contributed by atoms with Crippen LogP contribution >= 0.6 is 0 Å². The number of benzene rings is 1. The predicted molar refractivity (Wildman–Crippen MR) is 66.8 cm³/mol. The molecule has 0 heterocycles. The van der Waals surface area contributed by atoms with Crippen LogP contribution in [0.4, 0.5) is 4.39 Å². The quantitative estimate of drug-likeness (QED) is 0.874. The maximum absolute atomic E-state index is 12.9. The van der Waals surface area contributed by atoms with Crippen LogP contribution in [-0.4, -0.2) is 20.7 Å². The van der Waals surface area contributed by atoms with Crippen LogP contribution in [0.5, 0.6) is 0 Å². The van der Waals surface area contributed by atoms with Gasteiger partial charge in [-0.25, -0.2) is 12.8 Å². The maximum atomic E-state index is 12.9. The van der Waals surface area contributed by atoms with Crippen molar-refractivity contribution in [3.63, 3.8) is 0 Å². The monoisotopic (exact) mass is 259 g/mol. The van der Waals surface area contributed by atoms with E-state index in [1.165, 1.54) is 18.2 Å². The molecule has 1 rings (SSSR count). The molecule has 0 aliphatic heterocycles. The number of halogens is 1. The molecule has 1 atom stereocenters. The Labute approximate surface area is 102 Å². The van der Waals surface area contributed by atoms with Crippen LogP contribution in [-0.2, 0) is 15.6 Å². The van der Waals surface area contributed by atoms with E-state index >= 15 is 0 Å². The number of nitrogens with two attached hydrogens (primary N) is 1. The van der Waals surface area contributed by atoms with Gasteiger partial charge in [0.25, 0.3) is 0 Å². The lowest BCUT2D eigenvalue weighted by atomic mass is 10.1. The molecule has 3 nitrogen and oxygen atoms in total. The van der Waals surface area contributed by atoms with Crippen molar-refractivity contribution in [1.29, 1.82) is 0 Å². The van der Waals surface area contributed by atoms with Gasteiger partial charge in [-0.2, -0.15) is 0 Å². The van der Waals surface area contributed by atoms with Gasteiger partial charge in [0.15, 0.2) is 9.84 Å². The molecule has 0 radical (unpaired) electrons. The third kappa shape index (κ3) is 4.44. The Morgan fingerprint density at radius 2 is 2.06 bits per heavy atom. The summed E-state index contributed by atoms with van der Waals surface area (Å²) in [5.74, 6) is -0.385. The molecular formula is C12H18FNO2S. The number of rotatable bonds is 5. The number of aryl methyl sites for hydroxylation is 1. The maximum Gasteiger partial charge on any atom is 0.154 e. The number of sulfone groups is 1. The second kappa shape index (κ2) is 5.60. The minimum atomic E-state index is -3.18. The molecule has 96 valence electrons. The van der Waals surface area contributed by atoms with Crippen molar-refractivity contribution in [2.75, 3.05) is 12.3 Å². The first-order chi connectivity index (χ1) is 7.84. The lowest BCUT2D eigenvalue weighted by molar-refractivity contribution is 0.572. The Morgan fingerprint density at radius 1 is 1.41 bits per heavy atom. The summed E-state index contributed by atoms with van der Waals surface area (Å²) in [5, 5.41) is 0. The molecule has 0 spiro atoms. The molecule has 0 aliphatic rings. The summed E-state index contributed by atoms with van der Waals surface area (Å²) < 4.78 is 36.6. The van der Waals surface area contributed by atoms with E-state index in [0.717, 1.165) is 0 Å². The third-order valence-electron chi connectivity index (χ3n) is 2.62. The van der Waals surface area contributed by atoms with Gasteiger partial charge in [-0.05, 0) is 42.6 Å². The number of hydrogen-bond acceptors (Lipinski definition) is 3. The molecule has 2 N–H and O–H groups in total. The number of hydrogen-bond donors (Lipinski definition) is 1. The third-order valence-corrected chi connectivity index (χ3v) is 4.45. The molecule has 0 saturated carbocycles. The highest BCUT2D eigenvalue weighted by Gasteiger charge is 2.17. The highest BCUT2D eigenvalue weighted by atomic mass is 32.2. The van der Waals surface area contributed by atoms with Crippen LogP contribution in [0.2, 0.25) is 0 Å². The van der Waals surface area contributed by atoms with Crippen LogP contribution in [0.15, 0.2) is 18.2 Å². The van der Waals surface area contributed by atoms with Crippen LogP contribution in [0.1, 0.15) is 18.1 Å². The molecule has 1 aromatic carbocycles. The molecule has 1 unspecified atom stereocenters. The van der Waals surface area contributed by atoms with Crippen molar-refractivity contribution in [1.82, 2.24) is 0 Å². The van der Waals surface area contributed by atoms with Gasteiger partial charge >= 0.3 is 0 Å². The fraction of sp³-hybridized carbons (Fsp3) is 0.500. The van der Waals surface area contributed by atoms with Crippen molar-refractivity contribution >= 4 is 9.84 Å². The van der Waals surface area contributed by atoms with E-state index in [1.54, 1.807) is 13.8 Å². The highest BCUT2D eigenvalue weighted by Crippen LogP contribution is 2.15. The molecule has 17 heavy (non-hydrogen) atoms. The Bertz CT molecular complexity index is 485. The van der Waals surface area contributed by atoms with E-state index in [4.69, 9.17) is 5.73 Å². The van der Waals surface area contributed by atoms with Crippen LogP contribution in [0.25, 0.3) is 0 Å². The summed E-state index contributed by atoms with van der Waals surface area (Å²) in [7, 11) is -3.18. The smallest absolute Gasteiger partial charge is 0.154 e. The second-order valence-electron chi connectivity index (χ2n) is 4.47. The first kappa shape index (κ1) is 14.1. The molecule has 0 bridgehead atoms. The summed E-state index contributed by atoms with van der Waals surface area (Å²) >= 11 is 0. The lowest BCUT2D eigenvalue weighted by Gasteiger charge is -2.11. The zero-order valence-corrected chi connectivity index (χ0v) is 10.9. The average Bonchev–Trinajstić information content (AvgIpc) is 2.21. The van der Waals surface area contributed by atoms with Crippen molar-refractivity contribution < 1.29 is 12.8 Å². The van der Waals surface area contributed by atoms with Gasteiger partial charge in [-0.1, -0.05) is 13.0 Å². The van der Waals surface area contributed by atoms with E-state index in [2.05, 4.69) is 0 Å². The standard InChI is InChI=1S/C12H18FNO2S/c1-9(6-14)7-17(15,16)8-11-3-4-12(13)5-10(11)2/h3-5,9H,6-8,14H2,1-2H3. The van der Waals surface area contributed by atoms with E-state index in [-0.39, 0.29) is 23.2 Å². The molecule has 0 aromatic heterocycles. The van der Waals surface area contributed by atoms with Gasteiger partial charge in [0.1, 0.15) is 5.82 Å². The summed E-state index contributed by atoms with van der Waals surface area (Å²) in [5.41, 5.74) is 6.72.